The number of hydrogen-bond donors (Lipinski definition) is 2. The summed E-state index contributed by atoms with van der Waals surface area (Å²) < 4.78 is 0. The molecule has 106 valence electrons. The van der Waals surface area contributed by atoms with E-state index in [1.165, 1.54) is 6.07 Å². The molecule has 1 atom stereocenters. The third kappa shape index (κ3) is 6.04. The Morgan fingerprint density at radius 1 is 1.47 bits per heavy atom. The first-order valence-corrected chi connectivity index (χ1v) is 7.47. The second kappa shape index (κ2) is 8.90. The van der Waals surface area contributed by atoms with Gasteiger partial charge in [0.15, 0.2) is 0 Å². The number of nitrogens with one attached hydrogen (secondary N) is 1. The third-order valence-electron chi connectivity index (χ3n) is 2.72. The molecule has 0 aliphatic rings. The molecule has 1 rings (SSSR count). The number of nitrogens with zero attached hydrogens (tertiary/aromatic N) is 1. The Morgan fingerprint density at radius 2 is 2.26 bits per heavy atom. The van der Waals surface area contributed by atoms with Gasteiger partial charge in [0.25, 0.3) is 5.69 Å². The predicted molar refractivity (Wildman–Crippen MR) is 78.5 cm³/mol. The van der Waals surface area contributed by atoms with Crippen LogP contribution >= 0.6 is 11.8 Å². The molecular formula is C13H20N2O3S. The van der Waals surface area contributed by atoms with Gasteiger partial charge in [-0.2, -0.15) is 11.8 Å². The largest absolute Gasteiger partial charge is 0.396 e. The van der Waals surface area contributed by atoms with Crippen LogP contribution in [0, 0.1) is 10.1 Å². The van der Waals surface area contributed by atoms with Crippen molar-refractivity contribution >= 4 is 17.4 Å². The van der Waals surface area contributed by atoms with Crippen molar-refractivity contribution in [3.05, 3.63) is 39.9 Å². The number of aliphatic hydroxyl groups excluding tert-OH is 1. The van der Waals surface area contributed by atoms with Gasteiger partial charge in [0.1, 0.15) is 0 Å². The number of aliphatic hydroxyl groups is 1. The maximum Gasteiger partial charge on any atom is 0.269 e. The summed E-state index contributed by atoms with van der Waals surface area (Å²) in [4.78, 5) is 10.3. The maximum atomic E-state index is 10.7. The Balaban J connectivity index is 2.34. The van der Waals surface area contributed by atoms with Crippen molar-refractivity contribution in [3.8, 4) is 0 Å². The highest BCUT2D eigenvalue weighted by Gasteiger charge is 2.10. The third-order valence-corrected chi connectivity index (χ3v) is 3.79. The van der Waals surface area contributed by atoms with Gasteiger partial charge in [0.2, 0.25) is 0 Å². The molecule has 0 aliphatic heterocycles. The minimum absolute atomic E-state index is 0.0957. The Bertz CT molecular complexity index is 401. The molecule has 6 heteroatoms. The van der Waals surface area contributed by atoms with Gasteiger partial charge in [0, 0.05) is 37.1 Å². The van der Waals surface area contributed by atoms with Gasteiger partial charge >= 0.3 is 0 Å². The Hall–Kier alpha value is -1.11. The van der Waals surface area contributed by atoms with E-state index in [-0.39, 0.29) is 23.3 Å². The molecule has 0 fully saturated rings. The number of rotatable bonds is 9. The van der Waals surface area contributed by atoms with Crippen molar-refractivity contribution in [1.82, 2.24) is 5.32 Å². The van der Waals surface area contributed by atoms with Gasteiger partial charge in [-0.1, -0.05) is 12.1 Å². The summed E-state index contributed by atoms with van der Waals surface area (Å²) in [6.07, 6.45) is 0.825. The van der Waals surface area contributed by atoms with E-state index >= 15 is 0 Å². The molecule has 0 bridgehead atoms. The van der Waals surface area contributed by atoms with E-state index in [2.05, 4.69) is 5.32 Å². The zero-order valence-electron chi connectivity index (χ0n) is 11.0. The van der Waals surface area contributed by atoms with Crippen molar-refractivity contribution in [3.63, 3.8) is 0 Å². The fraction of sp³-hybridized carbons (Fsp3) is 0.538. The van der Waals surface area contributed by atoms with E-state index in [1.54, 1.807) is 23.9 Å². The SMILES string of the molecule is CC(NCCSCCCO)c1cccc([N+](=O)[O-])c1. The predicted octanol–water partition coefficient (Wildman–Crippen LogP) is 2.36. The number of nitro groups is 1. The molecule has 0 saturated heterocycles. The van der Waals surface area contributed by atoms with Crippen LogP contribution in [-0.4, -0.2) is 34.7 Å². The van der Waals surface area contributed by atoms with E-state index in [4.69, 9.17) is 5.11 Å². The minimum Gasteiger partial charge on any atom is -0.396 e. The molecule has 2 N–H and O–H groups in total. The maximum absolute atomic E-state index is 10.7. The summed E-state index contributed by atoms with van der Waals surface area (Å²) in [5, 5.41) is 22.7. The number of non-ortho nitro benzene ring substituents is 1. The van der Waals surface area contributed by atoms with Crippen LogP contribution in [0.4, 0.5) is 5.69 Å². The first kappa shape index (κ1) is 15.9. The summed E-state index contributed by atoms with van der Waals surface area (Å²) in [5.41, 5.74) is 1.05. The lowest BCUT2D eigenvalue weighted by Crippen LogP contribution is -2.21. The molecule has 1 unspecified atom stereocenters. The quantitative estimate of drug-likeness (QED) is 0.413. The van der Waals surface area contributed by atoms with Crippen LogP contribution in [0.5, 0.6) is 0 Å². The van der Waals surface area contributed by atoms with Gasteiger partial charge in [0.05, 0.1) is 4.92 Å². The number of hydrogen-bond acceptors (Lipinski definition) is 5. The molecule has 0 radical (unpaired) electrons. The van der Waals surface area contributed by atoms with Crippen LogP contribution in [0.25, 0.3) is 0 Å². The Labute approximate surface area is 117 Å². The molecule has 19 heavy (non-hydrogen) atoms. The molecule has 0 amide bonds. The molecule has 0 aliphatic carbocycles. The standard InChI is InChI=1S/C13H20N2O3S/c1-11(14-6-9-19-8-3-7-16)12-4-2-5-13(10-12)15(17)18/h2,4-5,10-11,14,16H,3,6-9H2,1H3. The second-order valence-electron chi connectivity index (χ2n) is 4.22. The van der Waals surface area contributed by atoms with E-state index in [0.29, 0.717) is 0 Å². The highest BCUT2D eigenvalue weighted by molar-refractivity contribution is 7.99. The van der Waals surface area contributed by atoms with Crippen molar-refractivity contribution in [2.45, 2.75) is 19.4 Å². The van der Waals surface area contributed by atoms with Gasteiger partial charge in [-0.25, -0.2) is 0 Å². The van der Waals surface area contributed by atoms with Gasteiger partial charge in [-0.15, -0.1) is 0 Å². The van der Waals surface area contributed by atoms with Gasteiger partial charge < -0.3 is 10.4 Å². The van der Waals surface area contributed by atoms with Crippen LogP contribution in [0.1, 0.15) is 24.9 Å². The summed E-state index contributed by atoms with van der Waals surface area (Å²) in [6.45, 7) is 3.09. The molecule has 1 aromatic rings. The average molecular weight is 284 g/mol. The zero-order chi connectivity index (χ0) is 14.1. The van der Waals surface area contributed by atoms with E-state index in [1.807, 2.05) is 13.0 Å². The molecule has 5 nitrogen and oxygen atoms in total. The molecule has 0 aromatic heterocycles. The van der Waals surface area contributed by atoms with E-state index in [0.717, 1.165) is 30.0 Å². The lowest BCUT2D eigenvalue weighted by atomic mass is 10.1. The fourth-order valence-corrected chi connectivity index (χ4v) is 2.44. The average Bonchev–Trinajstić information content (AvgIpc) is 2.42. The topological polar surface area (TPSA) is 75.4 Å². The highest BCUT2D eigenvalue weighted by atomic mass is 32.2. The molecule has 0 spiro atoms. The zero-order valence-corrected chi connectivity index (χ0v) is 11.9. The van der Waals surface area contributed by atoms with E-state index in [9.17, 15) is 10.1 Å². The lowest BCUT2D eigenvalue weighted by Gasteiger charge is -2.13. The Morgan fingerprint density at radius 3 is 2.95 bits per heavy atom. The molecule has 0 saturated carbocycles. The van der Waals surface area contributed by atoms with Crippen LogP contribution in [0.3, 0.4) is 0 Å². The normalized spacial score (nSPS) is 12.3. The molecular weight excluding hydrogens is 264 g/mol. The van der Waals surface area contributed by atoms with Crippen molar-refractivity contribution < 1.29 is 10.0 Å². The Kier molecular flexibility index (Phi) is 7.47. The molecule has 0 heterocycles. The summed E-state index contributed by atoms with van der Waals surface area (Å²) in [7, 11) is 0. The summed E-state index contributed by atoms with van der Waals surface area (Å²) in [5.74, 6) is 1.93. The smallest absolute Gasteiger partial charge is 0.269 e. The van der Waals surface area contributed by atoms with Crippen LogP contribution in [0.2, 0.25) is 0 Å². The fourth-order valence-electron chi connectivity index (χ4n) is 1.64. The van der Waals surface area contributed by atoms with E-state index < -0.39 is 0 Å². The van der Waals surface area contributed by atoms with Crippen LogP contribution in [-0.2, 0) is 0 Å². The summed E-state index contributed by atoms with van der Waals surface area (Å²) >= 11 is 1.79. The van der Waals surface area contributed by atoms with Crippen molar-refractivity contribution in [1.29, 1.82) is 0 Å². The number of thioether (sulfide) groups is 1. The second-order valence-corrected chi connectivity index (χ2v) is 5.44. The monoisotopic (exact) mass is 284 g/mol. The first-order chi connectivity index (χ1) is 9.15. The summed E-state index contributed by atoms with van der Waals surface area (Å²) in [6, 6.07) is 6.81. The van der Waals surface area contributed by atoms with Crippen LogP contribution in [0.15, 0.2) is 24.3 Å². The highest BCUT2D eigenvalue weighted by Crippen LogP contribution is 2.18. The number of benzene rings is 1. The number of nitro benzene ring substituents is 1. The molecule has 1 aromatic carbocycles. The van der Waals surface area contributed by atoms with Gasteiger partial charge in [-0.05, 0) is 24.7 Å². The van der Waals surface area contributed by atoms with Crippen LogP contribution < -0.4 is 5.32 Å². The van der Waals surface area contributed by atoms with Crippen molar-refractivity contribution in [2.24, 2.45) is 0 Å². The van der Waals surface area contributed by atoms with Crippen molar-refractivity contribution in [2.75, 3.05) is 24.7 Å². The first-order valence-electron chi connectivity index (χ1n) is 6.31. The van der Waals surface area contributed by atoms with Gasteiger partial charge in [-0.3, -0.25) is 10.1 Å². The lowest BCUT2D eigenvalue weighted by molar-refractivity contribution is -0.384. The minimum atomic E-state index is -0.374.